The zero-order valence-corrected chi connectivity index (χ0v) is 17.0. The highest BCUT2D eigenvalue weighted by molar-refractivity contribution is 5.90. The van der Waals surface area contributed by atoms with Crippen LogP contribution in [-0.2, 0) is 6.42 Å². The molecule has 30 heavy (non-hydrogen) atoms. The molecule has 1 fully saturated rings. The Kier molecular flexibility index (Phi) is 4.90. The van der Waals surface area contributed by atoms with Gasteiger partial charge in [0.05, 0.1) is 6.04 Å². The quantitative estimate of drug-likeness (QED) is 0.714. The molecular formula is C22H25N5O3. The minimum Gasteiger partial charge on any atom is -0.486 e. The van der Waals surface area contributed by atoms with E-state index in [1.807, 2.05) is 35.2 Å². The smallest absolute Gasteiger partial charge is 0.321 e. The van der Waals surface area contributed by atoms with E-state index in [2.05, 4.69) is 21.8 Å². The van der Waals surface area contributed by atoms with Gasteiger partial charge in [-0.25, -0.2) is 14.8 Å². The highest BCUT2D eigenvalue weighted by atomic mass is 16.6. The third-order valence-electron chi connectivity index (χ3n) is 5.60. The molecular weight excluding hydrogens is 382 g/mol. The number of rotatable bonds is 4. The number of urea groups is 1. The molecule has 0 radical (unpaired) electrons. The van der Waals surface area contributed by atoms with E-state index < -0.39 is 0 Å². The summed E-state index contributed by atoms with van der Waals surface area (Å²) in [7, 11) is 0. The second-order valence-corrected chi connectivity index (χ2v) is 7.67. The molecule has 8 nitrogen and oxygen atoms in total. The first kappa shape index (κ1) is 18.7. The standard InChI is InChI=1S/C22H25N5O3/c1-2-4-20-25-17-5-3-9-23-21(17)27(20)16-8-10-26(14-16)22(28)24-15-6-7-18-19(13-15)30-12-11-29-18/h3,5-7,9,13,16H,2,4,8,10-12,14H2,1H3,(H,24,28)/t16-/m1/s1. The van der Waals surface area contributed by atoms with E-state index in [-0.39, 0.29) is 12.1 Å². The van der Waals surface area contributed by atoms with E-state index in [9.17, 15) is 4.79 Å². The molecule has 1 N–H and O–H groups in total. The summed E-state index contributed by atoms with van der Waals surface area (Å²) in [5.41, 5.74) is 2.52. The van der Waals surface area contributed by atoms with Crippen LogP contribution in [0.2, 0.25) is 0 Å². The second kappa shape index (κ2) is 7.85. The van der Waals surface area contributed by atoms with Crippen molar-refractivity contribution >= 4 is 22.9 Å². The van der Waals surface area contributed by atoms with Crippen LogP contribution >= 0.6 is 0 Å². The second-order valence-electron chi connectivity index (χ2n) is 7.67. The molecule has 4 heterocycles. The van der Waals surface area contributed by atoms with Gasteiger partial charge in [0.2, 0.25) is 0 Å². The summed E-state index contributed by atoms with van der Waals surface area (Å²) < 4.78 is 13.4. The van der Waals surface area contributed by atoms with Crippen LogP contribution in [0.1, 0.15) is 31.6 Å². The Morgan fingerprint density at radius 1 is 1.23 bits per heavy atom. The minimum absolute atomic E-state index is 0.108. The Morgan fingerprint density at radius 2 is 2.10 bits per heavy atom. The average Bonchev–Trinajstić information content (AvgIpc) is 3.38. The first-order valence-electron chi connectivity index (χ1n) is 10.5. The van der Waals surface area contributed by atoms with Crippen LogP contribution in [0, 0.1) is 0 Å². The molecule has 8 heteroatoms. The Hall–Kier alpha value is -3.29. The van der Waals surface area contributed by atoms with Crippen molar-refractivity contribution in [2.24, 2.45) is 0 Å². The van der Waals surface area contributed by atoms with Gasteiger partial charge in [0, 0.05) is 37.5 Å². The summed E-state index contributed by atoms with van der Waals surface area (Å²) in [6.45, 7) is 4.55. The number of anilines is 1. The maximum atomic E-state index is 12.9. The van der Waals surface area contributed by atoms with E-state index in [0.717, 1.165) is 36.3 Å². The molecule has 1 saturated heterocycles. The Labute approximate surface area is 174 Å². The summed E-state index contributed by atoms with van der Waals surface area (Å²) >= 11 is 0. The summed E-state index contributed by atoms with van der Waals surface area (Å²) in [6.07, 6.45) is 4.60. The van der Waals surface area contributed by atoms with Crippen LogP contribution in [0.15, 0.2) is 36.5 Å². The molecule has 156 valence electrons. The fourth-order valence-electron chi connectivity index (χ4n) is 4.22. The van der Waals surface area contributed by atoms with Gasteiger partial charge in [-0.1, -0.05) is 6.92 Å². The van der Waals surface area contributed by atoms with Crippen LogP contribution in [-0.4, -0.2) is 51.8 Å². The number of aromatic nitrogens is 3. The molecule has 2 aliphatic rings. The molecule has 3 aromatic rings. The number of fused-ring (bicyclic) bond motifs is 2. The highest BCUT2D eigenvalue weighted by Crippen LogP contribution is 2.33. The molecule has 0 spiro atoms. The van der Waals surface area contributed by atoms with Crippen molar-refractivity contribution in [1.29, 1.82) is 0 Å². The van der Waals surface area contributed by atoms with Gasteiger partial charge in [-0.05, 0) is 37.1 Å². The number of nitrogens with one attached hydrogen (secondary N) is 1. The van der Waals surface area contributed by atoms with Crippen molar-refractivity contribution in [2.45, 2.75) is 32.2 Å². The summed E-state index contributed by atoms with van der Waals surface area (Å²) in [6, 6.07) is 9.47. The number of carbonyl (C=O) groups is 1. The number of nitrogens with zero attached hydrogens (tertiary/aromatic N) is 4. The zero-order chi connectivity index (χ0) is 20.5. The predicted octanol–water partition coefficient (Wildman–Crippen LogP) is 3.63. The summed E-state index contributed by atoms with van der Waals surface area (Å²) in [4.78, 5) is 24.1. The number of benzene rings is 1. The molecule has 0 aliphatic carbocycles. The van der Waals surface area contributed by atoms with Crippen molar-refractivity contribution in [3.63, 3.8) is 0 Å². The van der Waals surface area contributed by atoms with Gasteiger partial charge in [-0.15, -0.1) is 0 Å². The lowest BCUT2D eigenvalue weighted by Crippen LogP contribution is -2.33. The number of hydrogen-bond donors (Lipinski definition) is 1. The Balaban J connectivity index is 1.32. The van der Waals surface area contributed by atoms with Gasteiger partial charge in [-0.3, -0.25) is 0 Å². The SMILES string of the molecule is CCCc1nc2cccnc2n1[C@@H]1CCN(C(=O)Nc2ccc3c(c2)OCCO3)C1. The summed E-state index contributed by atoms with van der Waals surface area (Å²) in [5.74, 6) is 2.42. The van der Waals surface area contributed by atoms with Crippen molar-refractivity contribution in [3.8, 4) is 11.5 Å². The highest BCUT2D eigenvalue weighted by Gasteiger charge is 2.30. The molecule has 2 aromatic heterocycles. The third kappa shape index (κ3) is 3.42. The number of carbonyl (C=O) groups excluding carboxylic acids is 1. The van der Waals surface area contributed by atoms with Crippen LogP contribution < -0.4 is 14.8 Å². The molecule has 2 amide bonds. The van der Waals surface area contributed by atoms with Crippen molar-refractivity contribution < 1.29 is 14.3 Å². The number of imidazole rings is 1. The van der Waals surface area contributed by atoms with Crippen LogP contribution in [0.25, 0.3) is 11.2 Å². The lowest BCUT2D eigenvalue weighted by molar-refractivity contribution is 0.171. The van der Waals surface area contributed by atoms with Gasteiger partial charge in [0.25, 0.3) is 0 Å². The average molecular weight is 407 g/mol. The topological polar surface area (TPSA) is 81.5 Å². The van der Waals surface area contributed by atoms with Crippen LogP contribution in [0.3, 0.4) is 0 Å². The van der Waals surface area contributed by atoms with Gasteiger partial charge in [0.15, 0.2) is 17.1 Å². The van der Waals surface area contributed by atoms with Crippen molar-refractivity contribution in [3.05, 3.63) is 42.4 Å². The lowest BCUT2D eigenvalue weighted by Gasteiger charge is -2.21. The van der Waals surface area contributed by atoms with E-state index in [1.54, 1.807) is 6.20 Å². The van der Waals surface area contributed by atoms with Gasteiger partial charge >= 0.3 is 6.03 Å². The van der Waals surface area contributed by atoms with Crippen LogP contribution in [0.5, 0.6) is 11.5 Å². The van der Waals surface area contributed by atoms with Gasteiger partial charge in [-0.2, -0.15) is 0 Å². The first-order valence-corrected chi connectivity index (χ1v) is 10.5. The van der Waals surface area contributed by atoms with Crippen LogP contribution in [0.4, 0.5) is 10.5 Å². The molecule has 2 aliphatic heterocycles. The molecule has 0 saturated carbocycles. The Bertz CT molecular complexity index is 1080. The van der Waals surface area contributed by atoms with Crippen molar-refractivity contribution in [1.82, 2.24) is 19.4 Å². The van der Waals surface area contributed by atoms with E-state index in [4.69, 9.17) is 14.5 Å². The predicted molar refractivity (Wildman–Crippen MR) is 113 cm³/mol. The largest absolute Gasteiger partial charge is 0.486 e. The maximum absolute atomic E-state index is 12.9. The number of likely N-dealkylation sites (tertiary alicyclic amines) is 1. The third-order valence-corrected chi connectivity index (χ3v) is 5.60. The number of pyridine rings is 1. The van der Waals surface area contributed by atoms with E-state index >= 15 is 0 Å². The molecule has 0 bridgehead atoms. The van der Waals surface area contributed by atoms with Gasteiger partial charge in [0.1, 0.15) is 24.6 Å². The number of aryl methyl sites for hydroxylation is 1. The first-order chi connectivity index (χ1) is 14.7. The number of amides is 2. The molecule has 0 unspecified atom stereocenters. The monoisotopic (exact) mass is 407 g/mol. The molecule has 1 aromatic carbocycles. The zero-order valence-electron chi connectivity index (χ0n) is 17.0. The molecule has 5 rings (SSSR count). The van der Waals surface area contributed by atoms with E-state index in [0.29, 0.717) is 43.5 Å². The maximum Gasteiger partial charge on any atom is 0.321 e. The molecule has 1 atom stereocenters. The number of hydrogen-bond acceptors (Lipinski definition) is 5. The number of ether oxygens (including phenoxy) is 2. The minimum atomic E-state index is -0.108. The Morgan fingerprint density at radius 3 is 2.97 bits per heavy atom. The van der Waals surface area contributed by atoms with Gasteiger partial charge < -0.3 is 24.3 Å². The lowest BCUT2D eigenvalue weighted by atomic mass is 10.2. The normalized spacial score (nSPS) is 18.0. The van der Waals surface area contributed by atoms with Crippen molar-refractivity contribution in [2.75, 3.05) is 31.6 Å². The fourth-order valence-corrected chi connectivity index (χ4v) is 4.22. The van der Waals surface area contributed by atoms with E-state index in [1.165, 1.54) is 0 Å². The summed E-state index contributed by atoms with van der Waals surface area (Å²) in [5, 5.41) is 2.99. The fraction of sp³-hybridized carbons (Fsp3) is 0.409.